The van der Waals surface area contributed by atoms with Crippen LogP contribution in [0.15, 0.2) is 47.5 Å². The minimum Gasteiger partial charge on any atom is -0.379 e. The molecular weight excluding hydrogens is 464 g/mol. The first-order valence-electron chi connectivity index (χ1n) is 11.3. The lowest BCUT2D eigenvalue weighted by molar-refractivity contribution is -0.277. The molecule has 5 nitrogen and oxygen atoms in total. The van der Waals surface area contributed by atoms with Gasteiger partial charge in [0.05, 0.1) is 25.3 Å². The van der Waals surface area contributed by atoms with E-state index in [9.17, 15) is 27.5 Å². The first-order chi connectivity index (χ1) is 16.2. The fraction of sp³-hybridized carbons (Fsp3) is 0.462. The molecule has 0 amide bonds. The monoisotopic (exact) mass is 492 g/mol. The van der Waals surface area contributed by atoms with Crippen molar-refractivity contribution in [3.05, 3.63) is 75.5 Å². The third-order valence-corrected chi connectivity index (χ3v) is 7.52. The van der Waals surface area contributed by atoms with Crippen molar-refractivity contribution in [2.75, 3.05) is 6.61 Å². The van der Waals surface area contributed by atoms with Crippen molar-refractivity contribution in [1.29, 1.82) is 0 Å². The van der Waals surface area contributed by atoms with E-state index in [-0.39, 0.29) is 35.2 Å². The summed E-state index contributed by atoms with van der Waals surface area (Å²) >= 11 is 0. The number of fused-ring (bicyclic) bond motifs is 2. The molecule has 0 fully saturated rings. The molecule has 3 heterocycles. The molecule has 2 atom stereocenters. The second-order valence-corrected chi connectivity index (χ2v) is 10.4. The van der Waals surface area contributed by atoms with E-state index >= 15 is 0 Å². The molecule has 3 aromatic rings. The van der Waals surface area contributed by atoms with Crippen LogP contribution in [-0.2, 0) is 23.3 Å². The van der Waals surface area contributed by atoms with E-state index in [1.54, 1.807) is 26.8 Å². The van der Waals surface area contributed by atoms with Gasteiger partial charge >= 0.3 is 6.18 Å². The summed E-state index contributed by atoms with van der Waals surface area (Å²) in [5.41, 5.74) is -3.99. The Kier molecular flexibility index (Phi) is 6.08. The number of aromatic nitrogens is 2. The van der Waals surface area contributed by atoms with Crippen LogP contribution in [-0.4, -0.2) is 33.0 Å². The molecule has 0 spiro atoms. The van der Waals surface area contributed by atoms with Crippen LogP contribution in [0.1, 0.15) is 43.9 Å². The Morgan fingerprint density at radius 1 is 1.23 bits per heavy atom. The second kappa shape index (κ2) is 8.41. The zero-order valence-electron chi connectivity index (χ0n) is 20.0. The van der Waals surface area contributed by atoms with E-state index < -0.39 is 41.4 Å². The summed E-state index contributed by atoms with van der Waals surface area (Å²) in [4.78, 5) is 16.5. The Hall–Kier alpha value is -2.78. The van der Waals surface area contributed by atoms with Gasteiger partial charge in [0, 0.05) is 23.4 Å². The Bertz CT molecular complexity index is 1330. The number of aryl methyl sites for hydroxylation is 1. The predicted molar refractivity (Wildman–Crippen MR) is 124 cm³/mol. The minimum absolute atomic E-state index is 0.0355. The number of nitrogens with zero attached hydrogens (tertiary/aromatic N) is 2. The van der Waals surface area contributed by atoms with E-state index in [2.05, 4.69) is 4.98 Å². The van der Waals surface area contributed by atoms with Crippen molar-refractivity contribution in [3.8, 4) is 0 Å². The van der Waals surface area contributed by atoms with E-state index in [4.69, 9.17) is 4.74 Å². The number of hydrogen-bond donors (Lipinski definition) is 1. The highest BCUT2D eigenvalue weighted by Gasteiger charge is 2.59. The summed E-state index contributed by atoms with van der Waals surface area (Å²) in [6.45, 7) is 5.97. The summed E-state index contributed by atoms with van der Waals surface area (Å²) in [6.07, 6.45) is -2.97. The lowest BCUT2D eigenvalue weighted by Crippen LogP contribution is -2.56. The molecule has 1 aliphatic rings. The summed E-state index contributed by atoms with van der Waals surface area (Å²) in [6, 6.07) is 7.24. The van der Waals surface area contributed by atoms with Gasteiger partial charge in [0.1, 0.15) is 11.3 Å². The fourth-order valence-electron chi connectivity index (χ4n) is 5.13. The van der Waals surface area contributed by atoms with E-state index in [1.807, 2.05) is 0 Å². The highest BCUT2D eigenvalue weighted by atomic mass is 19.4. The van der Waals surface area contributed by atoms with Crippen LogP contribution in [0, 0.1) is 18.2 Å². The van der Waals surface area contributed by atoms with Gasteiger partial charge < -0.3 is 14.4 Å². The molecule has 188 valence electrons. The smallest absolute Gasteiger partial charge is 0.379 e. The Balaban J connectivity index is 1.80. The molecule has 2 aromatic heterocycles. The molecule has 9 heteroatoms. The molecule has 35 heavy (non-hydrogen) atoms. The van der Waals surface area contributed by atoms with Gasteiger partial charge in [0.25, 0.3) is 0 Å². The molecule has 4 rings (SSSR count). The maximum absolute atomic E-state index is 14.5. The zero-order chi connectivity index (χ0) is 25.8. The maximum atomic E-state index is 14.5. The standard InChI is InChI=1S/C26H28F4N2O3/c1-16-11-32(20-6-5-9-31-21(20)22(16)33)14-25(34,26(28,29)30)13-23(2,3)24(4)15-35-12-17-7-8-18(27)10-19(17)24/h5-11,34H,12-15H2,1-4H3. The number of benzene rings is 1. The van der Waals surface area contributed by atoms with Crippen molar-refractivity contribution in [2.24, 2.45) is 5.41 Å². The molecule has 2 unspecified atom stereocenters. The summed E-state index contributed by atoms with van der Waals surface area (Å²) in [7, 11) is 0. The topological polar surface area (TPSA) is 64.3 Å². The highest BCUT2D eigenvalue weighted by Crippen LogP contribution is 2.52. The van der Waals surface area contributed by atoms with Crippen molar-refractivity contribution in [1.82, 2.24) is 9.55 Å². The summed E-state index contributed by atoms with van der Waals surface area (Å²) < 4.78 is 64.7. The zero-order valence-corrected chi connectivity index (χ0v) is 20.0. The van der Waals surface area contributed by atoms with Crippen molar-refractivity contribution in [2.45, 2.75) is 64.5 Å². The van der Waals surface area contributed by atoms with Gasteiger partial charge in [-0.1, -0.05) is 26.8 Å². The average molecular weight is 493 g/mol. The van der Waals surface area contributed by atoms with Gasteiger partial charge in [-0.25, -0.2) is 4.39 Å². The van der Waals surface area contributed by atoms with E-state index in [1.165, 1.54) is 48.1 Å². The molecule has 0 bridgehead atoms. The van der Waals surface area contributed by atoms with Crippen LogP contribution in [0.5, 0.6) is 0 Å². The molecule has 0 radical (unpaired) electrons. The summed E-state index contributed by atoms with van der Waals surface area (Å²) in [5.74, 6) is -0.485. The quantitative estimate of drug-likeness (QED) is 0.507. The number of hydrogen-bond acceptors (Lipinski definition) is 4. The summed E-state index contributed by atoms with van der Waals surface area (Å²) in [5, 5.41) is 11.2. The van der Waals surface area contributed by atoms with Gasteiger partial charge in [0.15, 0.2) is 5.60 Å². The van der Waals surface area contributed by atoms with Crippen LogP contribution in [0.2, 0.25) is 0 Å². The van der Waals surface area contributed by atoms with Crippen LogP contribution in [0.4, 0.5) is 17.6 Å². The number of alkyl halides is 3. The van der Waals surface area contributed by atoms with Gasteiger partial charge in [-0.05, 0) is 54.2 Å². The number of ether oxygens (including phenoxy) is 1. The lowest BCUT2D eigenvalue weighted by atomic mass is 9.58. The van der Waals surface area contributed by atoms with E-state index in [0.29, 0.717) is 11.1 Å². The Morgan fingerprint density at radius 2 is 1.94 bits per heavy atom. The third-order valence-electron chi connectivity index (χ3n) is 7.52. The van der Waals surface area contributed by atoms with Crippen molar-refractivity contribution < 1.29 is 27.4 Å². The molecule has 0 saturated heterocycles. The molecule has 1 aliphatic heterocycles. The minimum atomic E-state index is -4.99. The number of aliphatic hydroxyl groups is 1. The molecular formula is C26H28F4N2O3. The average Bonchev–Trinajstić information content (AvgIpc) is 2.77. The largest absolute Gasteiger partial charge is 0.418 e. The van der Waals surface area contributed by atoms with Crippen LogP contribution < -0.4 is 5.43 Å². The first-order valence-corrected chi connectivity index (χ1v) is 11.3. The highest BCUT2D eigenvalue weighted by molar-refractivity contribution is 5.74. The number of pyridine rings is 2. The first kappa shape index (κ1) is 25.3. The Morgan fingerprint density at radius 3 is 2.63 bits per heavy atom. The second-order valence-electron chi connectivity index (χ2n) is 10.4. The van der Waals surface area contributed by atoms with Crippen LogP contribution >= 0.6 is 0 Å². The number of rotatable bonds is 5. The lowest BCUT2D eigenvalue weighted by Gasteiger charge is -2.50. The predicted octanol–water partition coefficient (Wildman–Crippen LogP) is 5.04. The van der Waals surface area contributed by atoms with Crippen molar-refractivity contribution in [3.63, 3.8) is 0 Å². The molecule has 1 aromatic carbocycles. The molecule has 0 aliphatic carbocycles. The molecule has 1 N–H and O–H groups in total. The van der Waals surface area contributed by atoms with Crippen LogP contribution in [0.25, 0.3) is 11.0 Å². The third kappa shape index (κ3) is 4.25. The van der Waals surface area contributed by atoms with Gasteiger partial charge in [0.2, 0.25) is 5.43 Å². The van der Waals surface area contributed by atoms with Crippen molar-refractivity contribution >= 4 is 11.0 Å². The normalized spacial score (nSPS) is 20.5. The number of halogens is 4. The maximum Gasteiger partial charge on any atom is 0.418 e. The van der Waals surface area contributed by atoms with Gasteiger partial charge in [-0.2, -0.15) is 13.2 Å². The van der Waals surface area contributed by atoms with Crippen LogP contribution in [0.3, 0.4) is 0 Å². The Labute approximate surface area is 200 Å². The van der Waals surface area contributed by atoms with Gasteiger partial charge in [-0.3, -0.25) is 9.78 Å². The van der Waals surface area contributed by atoms with E-state index in [0.717, 1.165) is 0 Å². The van der Waals surface area contributed by atoms with Gasteiger partial charge in [-0.15, -0.1) is 0 Å². The fourth-order valence-corrected chi connectivity index (χ4v) is 5.13. The molecule has 0 saturated carbocycles. The SMILES string of the molecule is Cc1cn(CC(O)(CC(C)(C)C2(C)COCc3ccc(F)cc32)C(F)(F)F)c2cccnc2c1=O.